The number of urea groups is 1. The predicted molar refractivity (Wildman–Crippen MR) is 138 cm³/mol. The number of benzene rings is 2. The number of anilines is 2. The van der Waals surface area contributed by atoms with Crippen LogP contribution in [0.5, 0.6) is 11.5 Å². The molecule has 1 aliphatic heterocycles. The summed E-state index contributed by atoms with van der Waals surface area (Å²) >= 11 is 6.16. The number of halogens is 5. The SMILES string of the molecule is O=C(Nc1ccc(CN2CCOCC2)c(C(F)(F)F)c1)Nc1ccc(Oc2ccnc3[nH]cc(Cl)c23)cc1F. The highest BCUT2D eigenvalue weighted by Crippen LogP contribution is 2.36. The van der Waals surface area contributed by atoms with Gasteiger partial charge in [-0.1, -0.05) is 17.7 Å². The zero-order valence-electron chi connectivity index (χ0n) is 20.2. The Morgan fingerprint density at radius 2 is 1.92 bits per heavy atom. The van der Waals surface area contributed by atoms with Gasteiger partial charge in [0.25, 0.3) is 0 Å². The molecule has 0 saturated carbocycles. The van der Waals surface area contributed by atoms with E-state index in [1.54, 1.807) is 12.3 Å². The number of rotatable bonds is 6. The van der Waals surface area contributed by atoms with E-state index < -0.39 is 23.6 Å². The lowest BCUT2D eigenvalue weighted by Gasteiger charge is -2.27. The number of carbonyl (C=O) groups is 1. The van der Waals surface area contributed by atoms with Crippen molar-refractivity contribution in [2.75, 3.05) is 36.9 Å². The van der Waals surface area contributed by atoms with Crippen LogP contribution in [0.2, 0.25) is 5.02 Å². The topological polar surface area (TPSA) is 91.5 Å². The Morgan fingerprint density at radius 3 is 2.67 bits per heavy atom. The molecule has 1 fully saturated rings. The zero-order chi connectivity index (χ0) is 27.6. The fourth-order valence-electron chi connectivity index (χ4n) is 4.20. The summed E-state index contributed by atoms with van der Waals surface area (Å²) in [4.78, 5) is 21.4. The first-order chi connectivity index (χ1) is 18.7. The van der Waals surface area contributed by atoms with Crippen molar-refractivity contribution in [1.82, 2.24) is 14.9 Å². The molecule has 2 aromatic heterocycles. The van der Waals surface area contributed by atoms with Gasteiger partial charge in [0.1, 0.15) is 23.0 Å². The van der Waals surface area contributed by atoms with Crippen LogP contribution in [0.25, 0.3) is 11.0 Å². The quantitative estimate of drug-likeness (QED) is 0.229. The van der Waals surface area contributed by atoms with E-state index in [2.05, 4.69) is 20.6 Å². The van der Waals surface area contributed by atoms with Crippen molar-refractivity contribution in [2.45, 2.75) is 12.7 Å². The third-order valence-electron chi connectivity index (χ3n) is 6.07. The van der Waals surface area contributed by atoms with E-state index in [0.29, 0.717) is 48.1 Å². The van der Waals surface area contributed by atoms with Crippen LogP contribution in [0.4, 0.5) is 33.7 Å². The van der Waals surface area contributed by atoms with E-state index in [9.17, 15) is 22.4 Å². The maximum absolute atomic E-state index is 14.8. The second-order valence-corrected chi connectivity index (χ2v) is 9.16. The molecule has 3 N–H and O–H groups in total. The molecule has 1 saturated heterocycles. The number of nitrogens with one attached hydrogen (secondary N) is 3. The van der Waals surface area contributed by atoms with E-state index in [1.807, 2.05) is 4.90 Å². The number of alkyl halides is 3. The van der Waals surface area contributed by atoms with Crippen LogP contribution in [-0.4, -0.2) is 47.2 Å². The lowest BCUT2D eigenvalue weighted by Crippen LogP contribution is -2.36. The first kappa shape index (κ1) is 26.7. The van der Waals surface area contributed by atoms with E-state index in [0.717, 1.165) is 12.1 Å². The summed E-state index contributed by atoms with van der Waals surface area (Å²) in [5.74, 6) is -0.333. The third kappa shape index (κ3) is 6.24. The zero-order valence-corrected chi connectivity index (χ0v) is 21.0. The monoisotopic (exact) mass is 563 g/mol. The molecule has 0 aliphatic carbocycles. The number of fused-ring (bicyclic) bond motifs is 1. The highest BCUT2D eigenvalue weighted by Gasteiger charge is 2.34. The molecule has 5 rings (SSSR count). The van der Waals surface area contributed by atoms with Gasteiger partial charge in [0.15, 0.2) is 0 Å². The molecule has 8 nitrogen and oxygen atoms in total. The Morgan fingerprint density at radius 1 is 1.13 bits per heavy atom. The molecule has 204 valence electrons. The molecular weight excluding hydrogens is 542 g/mol. The van der Waals surface area contributed by atoms with Crippen molar-refractivity contribution in [3.63, 3.8) is 0 Å². The summed E-state index contributed by atoms with van der Waals surface area (Å²) < 4.78 is 67.0. The first-order valence-electron chi connectivity index (χ1n) is 11.8. The van der Waals surface area contributed by atoms with Gasteiger partial charge in [-0.3, -0.25) is 4.90 Å². The minimum Gasteiger partial charge on any atom is -0.456 e. The van der Waals surface area contributed by atoms with Crippen LogP contribution < -0.4 is 15.4 Å². The molecule has 0 spiro atoms. The molecule has 0 atom stereocenters. The number of carbonyl (C=O) groups excluding carboxylic acids is 1. The Kier molecular flexibility index (Phi) is 7.60. The van der Waals surface area contributed by atoms with Crippen molar-refractivity contribution in [3.8, 4) is 11.5 Å². The Labute approximate surface area is 224 Å². The van der Waals surface area contributed by atoms with Gasteiger partial charge in [0.05, 0.1) is 34.9 Å². The normalized spacial score (nSPS) is 14.4. The van der Waals surface area contributed by atoms with Gasteiger partial charge in [-0.05, 0) is 35.9 Å². The number of aromatic amines is 1. The number of hydrogen-bond donors (Lipinski definition) is 3. The van der Waals surface area contributed by atoms with E-state index in [4.69, 9.17) is 21.1 Å². The number of nitrogens with zero attached hydrogens (tertiary/aromatic N) is 2. The smallest absolute Gasteiger partial charge is 0.416 e. The molecule has 4 aromatic rings. The summed E-state index contributed by atoms with van der Waals surface area (Å²) in [5.41, 5.74) is -0.553. The average Bonchev–Trinajstić information content (AvgIpc) is 3.28. The average molecular weight is 564 g/mol. The van der Waals surface area contributed by atoms with Crippen LogP contribution in [0, 0.1) is 5.82 Å². The van der Waals surface area contributed by atoms with Crippen molar-refractivity contribution in [1.29, 1.82) is 0 Å². The molecule has 0 bridgehead atoms. The maximum atomic E-state index is 14.8. The van der Waals surface area contributed by atoms with E-state index >= 15 is 0 Å². The van der Waals surface area contributed by atoms with Crippen molar-refractivity contribution >= 4 is 40.0 Å². The molecule has 13 heteroatoms. The van der Waals surface area contributed by atoms with Gasteiger partial charge < -0.3 is 25.1 Å². The maximum Gasteiger partial charge on any atom is 0.416 e. The number of amides is 2. The molecule has 2 amide bonds. The predicted octanol–water partition coefficient (Wildman–Crippen LogP) is 6.64. The standard InChI is InChI=1S/C26H22ClF4N5O3/c27-19-13-33-24-23(19)22(5-6-32-24)39-17-3-4-21(20(28)12-17)35-25(37)34-16-2-1-15(18(11-16)26(29,30)31)14-36-7-9-38-10-8-36/h1-6,11-13H,7-10,14H2,(H,32,33)(H2,34,35,37). The number of H-pyrrole nitrogens is 1. The largest absolute Gasteiger partial charge is 0.456 e. The van der Waals surface area contributed by atoms with Crippen LogP contribution in [0.15, 0.2) is 54.9 Å². The Hall–Kier alpha value is -3.87. The number of hydrogen-bond acceptors (Lipinski definition) is 5. The van der Waals surface area contributed by atoms with Crippen molar-refractivity contribution < 1.29 is 31.8 Å². The van der Waals surface area contributed by atoms with Crippen molar-refractivity contribution in [3.05, 3.63) is 76.8 Å². The van der Waals surface area contributed by atoms with E-state index in [-0.39, 0.29) is 29.2 Å². The lowest BCUT2D eigenvalue weighted by atomic mass is 10.0. The summed E-state index contributed by atoms with van der Waals surface area (Å²) in [6, 6.07) is 7.98. The van der Waals surface area contributed by atoms with E-state index in [1.165, 1.54) is 30.5 Å². The van der Waals surface area contributed by atoms with Gasteiger partial charge in [-0.15, -0.1) is 0 Å². The Balaban J connectivity index is 1.27. The van der Waals surface area contributed by atoms with Gasteiger partial charge in [-0.25, -0.2) is 14.2 Å². The van der Waals surface area contributed by atoms with Gasteiger partial charge in [-0.2, -0.15) is 13.2 Å². The molecule has 3 heterocycles. The van der Waals surface area contributed by atoms with Crippen molar-refractivity contribution in [2.24, 2.45) is 0 Å². The number of morpholine rings is 1. The second-order valence-electron chi connectivity index (χ2n) is 8.75. The second kappa shape index (κ2) is 11.1. The highest BCUT2D eigenvalue weighted by molar-refractivity contribution is 6.36. The van der Waals surface area contributed by atoms with Gasteiger partial charge in [0.2, 0.25) is 0 Å². The van der Waals surface area contributed by atoms with Crippen LogP contribution >= 0.6 is 11.6 Å². The lowest BCUT2D eigenvalue weighted by molar-refractivity contribution is -0.138. The first-order valence-corrected chi connectivity index (χ1v) is 12.2. The molecule has 1 aliphatic rings. The summed E-state index contributed by atoms with van der Waals surface area (Å²) in [7, 11) is 0. The minimum atomic E-state index is -4.62. The molecule has 0 unspecified atom stereocenters. The van der Waals surface area contributed by atoms with Crippen LogP contribution in [0.1, 0.15) is 11.1 Å². The summed E-state index contributed by atoms with van der Waals surface area (Å²) in [6.45, 7) is 2.08. The van der Waals surface area contributed by atoms with Crippen LogP contribution in [0.3, 0.4) is 0 Å². The fraction of sp³-hybridized carbons (Fsp3) is 0.231. The fourth-order valence-corrected chi connectivity index (χ4v) is 4.44. The van der Waals surface area contributed by atoms with Crippen LogP contribution in [-0.2, 0) is 17.5 Å². The van der Waals surface area contributed by atoms with Gasteiger partial charge in [0, 0.05) is 43.8 Å². The third-order valence-corrected chi connectivity index (χ3v) is 6.37. The Bertz CT molecular complexity index is 1500. The molecule has 39 heavy (non-hydrogen) atoms. The number of ether oxygens (including phenoxy) is 2. The highest BCUT2D eigenvalue weighted by atomic mass is 35.5. The number of aromatic nitrogens is 2. The molecule has 0 radical (unpaired) electrons. The molecular formula is C26H22ClF4N5O3. The van der Waals surface area contributed by atoms with Gasteiger partial charge >= 0.3 is 12.2 Å². The minimum absolute atomic E-state index is 0.0870. The summed E-state index contributed by atoms with van der Waals surface area (Å²) in [6.07, 6.45) is -1.57. The summed E-state index contributed by atoms with van der Waals surface area (Å²) in [5, 5.41) is 5.54. The molecule has 2 aromatic carbocycles. The number of pyridine rings is 1.